The molecule has 2 rings (SSSR count). The molecule has 124 valence electrons. The molecule has 0 aliphatic rings. The Kier molecular flexibility index (Phi) is 15.9. The van der Waals surface area contributed by atoms with Gasteiger partial charge in [-0.2, -0.15) is 0 Å². The van der Waals surface area contributed by atoms with Crippen LogP contribution in [0.4, 0.5) is 0 Å². The van der Waals surface area contributed by atoms with Gasteiger partial charge in [0.1, 0.15) is 0 Å². The normalized spacial score (nSPS) is 8.82. The van der Waals surface area contributed by atoms with Crippen LogP contribution in [0, 0.1) is 13.8 Å². The van der Waals surface area contributed by atoms with Crippen LogP contribution in [-0.4, -0.2) is 43.6 Å². The molecule has 0 aliphatic heterocycles. The summed E-state index contributed by atoms with van der Waals surface area (Å²) in [4.78, 5) is 0. The summed E-state index contributed by atoms with van der Waals surface area (Å²) >= 11 is 0. The zero-order valence-corrected chi connectivity index (χ0v) is 12.6. The zero-order chi connectivity index (χ0) is 17.4. The maximum absolute atomic E-state index is 7.17. The van der Waals surface area contributed by atoms with Crippen LogP contribution in [0.1, 0.15) is 11.1 Å². The Labute approximate surface area is 130 Å². The third-order valence-electron chi connectivity index (χ3n) is 1.88. The summed E-state index contributed by atoms with van der Waals surface area (Å²) < 4.78 is 0. The van der Waals surface area contributed by atoms with E-state index in [0.717, 1.165) is 0 Å². The predicted octanol–water partition coefficient (Wildman–Crippen LogP) is 0.484. The lowest BCUT2D eigenvalue weighted by atomic mass is 10.2. The second-order valence-electron chi connectivity index (χ2n) is 4.00. The quantitative estimate of drug-likeness (QED) is 0.394. The first-order valence-corrected chi connectivity index (χ1v) is 6.37. The molecule has 0 fully saturated rings. The second-order valence-corrected chi connectivity index (χ2v) is 4.00. The van der Waals surface area contributed by atoms with Gasteiger partial charge in [-0.1, -0.05) is 71.8 Å². The molecule has 2 aromatic carbocycles. The number of aliphatic hydroxyl groups is 6. The molecule has 0 saturated heterocycles. The van der Waals surface area contributed by atoms with Gasteiger partial charge in [-0.15, -0.1) is 0 Å². The molecule has 0 atom stereocenters. The van der Waals surface area contributed by atoms with Crippen molar-refractivity contribution in [2.75, 3.05) is 0 Å². The average Bonchev–Trinajstić information content (AvgIpc) is 2.40. The van der Waals surface area contributed by atoms with Crippen molar-refractivity contribution in [3.63, 3.8) is 0 Å². The SMILES string of the molecule is Cc1ccccc1.Cc1ccccc1.OC(O)O.OC(O)O. The van der Waals surface area contributed by atoms with E-state index in [1.165, 1.54) is 11.1 Å². The molecule has 0 heterocycles. The monoisotopic (exact) mass is 312 g/mol. The first kappa shape index (κ1) is 22.5. The smallest absolute Gasteiger partial charge is 0.263 e. The van der Waals surface area contributed by atoms with Crippen LogP contribution in [0.15, 0.2) is 60.7 Å². The lowest BCUT2D eigenvalue weighted by molar-refractivity contribution is -0.199. The standard InChI is InChI=1S/2C7H8.2CH4O3/c2*1-7-5-3-2-4-6-7;2*2-1(3)4/h2*2-6H,1H3;2*1-4H. The van der Waals surface area contributed by atoms with Crippen LogP contribution in [-0.2, 0) is 0 Å². The summed E-state index contributed by atoms with van der Waals surface area (Å²) in [7, 11) is 0. The minimum Gasteiger partial charge on any atom is -0.346 e. The molecular weight excluding hydrogens is 288 g/mol. The van der Waals surface area contributed by atoms with E-state index in [-0.39, 0.29) is 0 Å². The highest BCUT2D eigenvalue weighted by Gasteiger charge is 1.73. The van der Waals surface area contributed by atoms with Gasteiger partial charge in [-0.05, 0) is 13.8 Å². The Morgan fingerprint density at radius 1 is 0.500 bits per heavy atom. The van der Waals surface area contributed by atoms with E-state index < -0.39 is 13.0 Å². The van der Waals surface area contributed by atoms with E-state index in [1.54, 1.807) is 0 Å². The van der Waals surface area contributed by atoms with Crippen LogP contribution in [0.3, 0.4) is 0 Å². The molecule has 2 aromatic rings. The highest BCUT2D eigenvalue weighted by Crippen LogP contribution is 1.92. The minimum absolute atomic E-state index is 1.32. The average molecular weight is 312 g/mol. The van der Waals surface area contributed by atoms with Crippen molar-refractivity contribution in [1.29, 1.82) is 0 Å². The van der Waals surface area contributed by atoms with Gasteiger partial charge in [0.2, 0.25) is 0 Å². The highest BCUT2D eigenvalue weighted by atomic mass is 16.7. The van der Waals surface area contributed by atoms with Crippen LogP contribution in [0.25, 0.3) is 0 Å². The van der Waals surface area contributed by atoms with Crippen molar-refractivity contribution in [2.24, 2.45) is 0 Å². The van der Waals surface area contributed by atoms with Crippen LogP contribution in [0.5, 0.6) is 0 Å². The molecule has 0 spiro atoms. The van der Waals surface area contributed by atoms with Gasteiger partial charge in [0.15, 0.2) is 0 Å². The largest absolute Gasteiger partial charge is 0.346 e. The molecule has 0 aromatic heterocycles. The highest BCUT2D eigenvalue weighted by molar-refractivity contribution is 5.12. The summed E-state index contributed by atoms with van der Waals surface area (Å²) in [5, 5.41) is 43.0. The first-order valence-electron chi connectivity index (χ1n) is 6.37. The van der Waals surface area contributed by atoms with Crippen molar-refractivity contribution >= 4 is 0 Å². The molecule has 0 saturated carbocycles. The summed E-state index contributed by atoms with van der Waals surface area (Å²) in [6, 6.07) is 20.5. The molecule has 0 unspecified atom stereocenters. The van der Waals surface area contributed by atoms with Gasteiger partial charge >= 0.3 is 0 Å². The van der Waals surface area contributed by atoms with Gasteiger partial charge in [0.05, 0.1) is 0 Å². The number of rotatable bonds is 0. The van der Waals surface area contributed by atoms with E-state index in [2.05, 4.69) is 38.1 Å². The lowest BCUT2D eigenvalue weighted by Gasteiger charge is -1.82. The maximum atomic E-state index is 7.17. The number of aliphatic hydroxyl groups excluding tert-OH is 2. The van der Waals surface area contributed by atoms with Crippen molar-refractivity contribution in [3.8, 4) is 0 Å². The van der Waals surface area contributed by atoms with Gasteiger partial charge < -0.3 is 30.6 Å². The maximum Gasteiger partial charge on any atom is 0.263 e. The summed E-state index contributed by atoms with van der Waals surface area (Å²) in [6.07, 6.45) is 0. The molecule has 0 bridgehead atoms. The van der Waals surface area contributed by atoms with E-state index in [4.69, 9.17) is 30.6 Å². The van der Waals surface area contributed by atoms with Gasteiger partial charge in [-0.25, -0.2) is 0 Å². The molecule has 0 aliphatic carbocycles. The second kappa shape index (κ2) is 15.6. The lowest BCUT2D eigenvalue weighted by Crippen LogP contribution is -1.98. The molecule has 6 N–H and O–H groups in total. The van der Waals surface area contributed by atoms with Gasteiger partial charge in [0, 0.05) is 0 Å². The Morgan fingerprint density at radius 3 is 0.773 bits per heavy atom. The molecule has 0 amide bonds. The molecule has 0 radical (unpaired) electrons. The van der Waals surface area contributed by atoms with E-state index in [1.807, 2.05) is 36.4 Å². The predicted molar refractivity (Wildman–Crippen MR) is 83.2 cm³/mol. The van der Waals surface area contributed by atoms with Crippen molar-refractivity contribution in [3.05, 3.63) is 71.8 Å². The summed E-state index contributed by atoms with van der Waals surface area (Å²) in [5.74, 6) is 0. The molecule has 22 heavy (non-hydrogen) atoms. The Morgan fingerprint density at radius 2 is 0.682 bits per heavy atom. The number of benzene rings is 2. The van der Waals surface area contributed by atoms with Crippen molar-refractivity contribution in [1.82, 2.24) is 0 Å². The Balaban J connectivity index is 0. The Bertz CT molecular complexity index is 382. The van der Waals surface area contributed by atoms with Gasteiger partial charge in [0.25, 0.3) is 13.0 Å². The fraction of sp³-hybridized carbons (Fsp3) is 0.250. The number of aryl methyl sites for hydroxylation is 2. The zero-order valence-electron chi connectivity index (χ0n) is 12.6. The van der Waals surface area contributed by atoms with Crippen molar-refractivity contribution in [2.45, 2.75) is 26.8 Å². The number of hydrogen-bond acceptors (Lipinski definition) is 6. The van der Waals surface area contributed by atoms with Crippen molar-refractivity contribution < 1.29 is 30.6 Å². The fourth-order valence-corrected chi connectivity index (χ4v) is 1.07. The third kappa shape index (κ3) is 26.7. The topological polar surface area (TPSA) is 121 Å². The van der Waals surface area contributed by atoms with Crippen LogP contribution in [0.2, 0.25) is 0 Å². The van der Waals surface area contributed by atoms with E-state index in [0.29, 0.717) is 0 Å². The van der Waals surface area contributed by atoms with E-state index >= 15 is 0 Å². The minimum atomic E-state index is -2.17. The number of hydrogen-bond donors (Lipinski definition) is 6. The summed E-state index contributed by atoms with van der Waals surface area (Å²) in [5.41, 5.74) is 2.64. The summed E-state index contributed by atoms with van der Waals surface area (Å²) in [6.45, 7) is -0.167. The van der Waals surface area contributed by atoms with Crippen LogP contribution >= 0.6 is 0 Å². The fourth-order valence-electron chi connectivity index (χ4n) is 1.07. The Hall–Kier alpha value is -1.80. The molecule has 6 heteroatoms. The molecule has 6 nitrogen and oxygen atoms in total. The first-order chi connectivity index (χ1) is 10.3. The molecular formula is C16H24O6. The van der Waals surface area contributed by atoms with Gasteiger partial charge in [-0.3, -0.25) is 0 Å². The third-order valence-corrected chi connectivity index (χ3v) is 1.88. The van der Waals surface area contributed by atoms with Crippen LogP contribution < -0.4 is 0 Å². The van der Waals surface area contributed by atoms with E-state index in [9.17, 15) is 0 Å².